The molecule has 0 saturated carbocycles. The van der Waals surface area contributed by atoms with Crippen molar-refractivity contribution in [2.75, 3.05) is 19.6 Å². The second-order valence-corrected chi connectivity index (χ2v) is 5.45. The minimum Gasteiger partial charge on any atom is -0.323 e. The fourth-order valence-corrected chi connectivity index (χ4v) is 2.57. The summed E-state index contributed by atoms with van der Waals surface area (Å²) in [4.78, 5) is 2.23. The van der Waals surface area contributed by atoms with E-state index in [1.807, 2.05) is 0 Å². The quantitative estimate of drug-likeness (QED) is 0.898. The first kappa shape index (κ1) is 13.4. The predicted octanol–water partition coefficient (Wildman–Crippen LogP) is 2.55. The number of rotatable bonds is 3. The molecule has 1 aromatic rings. The molecule has 3 unspecified atom stereocenters. The standard InChI is InChI=1S/C14H20F2N2/c1-9-6-18(7-10(9)2)8-14(17)12-5-11(15)3-4-13(12)16/h3-5,9-10,14H,6-8,17H2,1-2H3. The number of nitrogens with two attached hydrogens (primary N) is 1. The van der Waals surface area contributed by atoms with Crippen LogP contribution in [0.15, 0.2) is 18.2 Å². The van der Waals surface area contributed by atoms with Gasteiger partial charge in [-0.05, 0) is 30.0 Å². The molecule has 100 valence electrons. The van der Waals surface area contributed by atoms with Gasteiger partial charge in [0.1, 0.15) is 11.6 Å². The van der Waals surface area contributed by atoms with E-state index in [2.05, 4.69) is 18.7 Å². The van der Waals surface area contributed by atoms with Crippen LogP contribution in [0.1, 0.15) is 25.5 Å². The topological polar surface area (TPSA) is 29.3 Å². The fourth-order valence-electron chi connectivity index (χ4n) is 2.57. The van der Waals surface area contributed by atoms with Crippen molar-refractivity contribution in [2.24, 2.45) is 17.6 Å². The number of halogens is 2. The molecular weight excluding hydrogens is 234 g/mol. The Morgan fingerprint density at radius 3 is 2.50 bits per heavy atom. The first-order valence-electron chi connectivity index (χ1n) is 6.40. The Bertz CT molecular complexity index is 412. The van der Waals surface area contributed by atoms with Gasteiger partial charge in [-0.2, -0.15) is 0 Å². The molecule has 4 heteroatoms. The number of nitrogens with zero attached hydrogens (tertiary/aromatic N) is 1. The lowest BCUT2D eigenvalue weighted by Gasteiger charge is -2.21. The molecule has 1 aliphatic rings. The molecule has 1 aliphatic heterocycles. The summed E-state index contributed by atoms with van der Waals surface area (Å²) in [5.41, 5.74) is 6.25. The Hall–Kier alpha value is -1.00. The predicted molar refractivity (Wildman–Crippen MR) is 68.1 cm³/mol. The normalized spacial score (nSPS) is 26.5. The van der Waals surface area contributed by atoms with Crippen molar-refractivity contribution in [1.82, 2.24) is 4.90 Å². The molecule has 3 atom stereocenters. The first-order valence-corrected chi connectivity index (χ1v) is 6.40. The summed E-state index contributed by atoms with van der Waals surface area (Å²) in [6.45, 7) is 6.95. The molecule has 2 rings (SSSR count). The highest BCUT2D eigenvalue weighted by Crippen LogP contribution is 2.25. The molecule has 1 heterocycles. The molecule has 0 aliphatic carbocycles. The van der Waals surface area contributed by atoms with Crippen LogP contribution in [0.3, 0.4) is 0 Å². The van der Waals surface area contributed by atoms with Crippen molar-refractivity contribution in [2.45, 2.75) is 19.9 Å². The van der Waals surface area contributed by atoms with Crippen LogP contribution in [-0.2, 0) is 0 Å². The van der Waals surface area contributed by atoms with Crippen LogP contribution in [0, 0.1) is 23.5 Å². The molecule has 0 radical (unpaired) electrons. The van der Waals surface area contributed by atoms with Crippen molar-refractivity contribution in [3.05, 3.63) is 35.4 Å². The van der Waals surface area contributed by atoms with Gasteiger partial charge in [-0.3, -0.25) is 0 Å². The highest BCUT2D eigenvalue weighted by atomic mass is 19.1. The average molecular weight is 254 g/mol. The maximum Gasteiger partial charge on any atom is 0.128 e. The Morgan fingerprint density at radius 2 is 1.89 bits per heavy atom. The van der Waals surface area contributed by atoms with E-state index >= 15 is 0 Å². The third-order valence-corrected chi connectivity index (χ3v) is 3.88. The van der Waals surface area contributed by atoms with E-state index in [1.54, 1.807) is 0 Å². The average Bonchev–Trinajstić information content (AvgIpc) is 2.61. The van der Waals surface area contributed by atoms with Gasteiger partial charge in [0.05, 0.1) is 0 Å². The van der Waals surface area contributed by atoms with Gasteiger partial charge < -0.3 is 10.6 Å². The van der Waals surface area contributed by atoms with Gasteiger partial charge in [0.15, 0.2) is 0 Å². The summed E-state index contributed by atoms with van der Waals surface area (Å²) < 4.78 is 26.7. The Morgan fingerprint density at radius 1 is 1.28 bits per heavy atom. The van der Waals surface area contributed by atoms with Crippen molar-refractivity contribution < 1.29 is 8.78 Å². The second-order valence-electron chi connectivity index (χ2n) is 5.45. The summed E-state index contributed by atoms with van der Waals surface area (Å²) in [6.07, 6.45) is 0. The first-order chi connectivity index (χ1) is 8.47. The van der Waals surface area contributed by atoms with Gasteiger partial charge in [0.25, 0.3) is 0 Å². The molecule has 18 heavy (non-hydrogen) atoms. The van der Waals surface area contributed by atoms with E-state index < -0.39 is 17.7 Å². The van der Waals surface area contributed by atoms with Gasteiger partial charge >= 0.3 is 0 Å². The molecular formula is C14H20F2N2. The van der Waals surface area contributed by atoms with E-state index in [9.17, 15) is 8.78 Å². The number of benzene rings is 1. The van der Waals surface area contributed by atoms with Crippen LogP contribution in [0.4, 0.5) is 8.78 Å². The number of likely N-dealkylation sites (tertiary alicyclic amines) is 1. The van der Waals surface area contributed by atoms with Crippen LogP contribution in [0.5, 0.6) is 0 Å². The minimum atomic E-state index is -0.474. The van der Waals surface area contributed by atoms with E-state index in [0.717, 1.165) is 25.2 Å². The SMILES string of the molecule is CC1CN(CC(N)c2cc(F)ccc2F)CC1C. The van der Waals surface area contributed by atoms with Gasteiger partial charge in [0.2, 0.25) is 0 Å². The van der Waals surface area contributed by atoms with Gasteiger partial charge in [-0.25, -0.2) is 8.78 Å². The lowest BCUT2D eigenvalue weighted by atomic mass is 10.0. The maximum absolute atomic E-state index is 13.6. The molecule has 2 nitrogen and oxygen atoms in total. The number of hydrogen-bond donors (Lipinski definition) is 1. The van der Waals surface area contributed by atoms with Crippen molar-refractivity contribution in [3.63, 3.8) is 0 Å². The van der Waals surface area contributed by atoms with Crippen LogP contribution in [0.2, 0.25) is 0 Å². The molecule has 1 aromatic carbocycles. The van der Waals surface area contributed by atoms with Crippen LogP contribution < -0.4 is 5.73 Å². The van der Waals surface area contributed by atoms with Gasteiger partial charge in [0, 0.05) is 31.2 Å². The summed E-state index contributed by atoms with van der Waals surface area (Å²) in [7, 11) is 0. The molecule has 0 aromatic heterocycles. The van der Waals surface area contributed by atoms with Crippen LogP contribution in [0.25, 0.3) is 0 Å². The van der Waals surface area contributed by atoms with Crippen LogP contribution >= 0.6 is 0 Å². The lowest BCUT2D eigenvalue weighted by molar-refractivity contribution is 0.300. The van der Waals surface area contributed by atoms with Gasteiger partial charge in [-0.1, -0.05) is 13.8 Å². The Labute approximate surface area is 107 Å². The molecule has 0 spiro atoms. The van der Waals surface area contributed by atoms with Crippen molar-refractivity contribution in [1.29, 1.82) is 0 Å². The Balaban J connectivity index is 2.04. The van der Waals surface area contributed by atoms with E-state index in [0.29, 0.717) is 18.4 Å². The molecule has 1 saturated heterocycles. The second kappa shape index (κ2) is 5.33. The summed E-state index contributed by atoms with van der Waals surface area (Å²) in [6, 6.07) is 2.98. The van der Waals surface area contributed by atoms with Crippen LogP contribution in [-0.4, -0.2) is 24.5 Å². The zero-order valence-corrected chi connectivity index (χ0v) is 10.9. The van der Waals surface area contributed by atoms with E-state index in [1.165, 1.54) is 6.07 Å². The zero-order chi connectivity index (χ0) is 13.3. The maximum atomic E-state index is 13.6. The van der Waals surface area contributed by atoms with Crippen molar-refractivity contribution in [3.8, 4) is 0 Å². The summed E-state index contributed by atoms with van der Waals surface area (Å²) >= 11 is 0. The zero-order valence-electron chi connectivity index (χ0n) is 10.9. The Kier molecular flexibility index (Phi) is 3.97. The smallest absolute Gasteiger partial charge is 0.128 e. The number of hydrogen-bond acceptors (Lipinski definition) is 2. The lowest BCUT2D eigenvalue weighted by Crippen LogP contribution is -2.31. The van der Waals surface area contributed by atoms with E-state index in [-0.39, 0.29) is 5.56 Å². The van der Waals surface area contributed by atoms with E-state index in [4.69, 9.17) is 5.73 Å². The molecule has 1 fully saturated rings. The third kappa shape index (κ3) is 2.87. The van der Waals surface area contributed by atoms with Crippen molar-refractivity contribution >= 4 is 0 Å². The monoisotopic (exact) mass is 254 g/mol. The minimum absolute atomic E-state index is 0.266. The highest BCUT2D eigenvalue weighted by molar-refractivity contribution is 5.22. The largest absolute Gasteiger partial charge is 0.323 e. The summed E-state index contributed by atoms with van der Waals surface area (Å²) in [5.74, 6) is 0.401. The molecule has 0 bridgehead atoms. The third-order valence-electron chi connectivity index (χ3n) is 3.88. The summed E-state index contributed by atoms with van der Waals surface area (Å²) in [5, 5.41) is 0. The van der Waals surface area contributed by atoms with Gasteiger partial charge in [-0.15, -0.1) is 0 Å². The highest BCUT2D eigenvalue weighted by Gasteiger charge is 2.27. The fraction of sp³-hybridized carbons (Fsp3) is 0.571. The molecule has 0 amide bonds. The molecule has 2 N–H and O–H groups in total.